The van der Waals surface area contributed by atoms with Gasteiger partial charge in [0.1, 0.15) is 0 Å². The number of hydrogen-bond acceptors (Lipinski definition) is 4. The molecule has 26 heavy (non-hydrogen) atoms. The van der Waals surface area contributed by atoms with E-state index in [1.165, 1.54) is 0 Å². The van der Waals surface area contributed by atoms with E-state index < -0.39 is 18.5 Å². The van der Waals surface area contributed by atoms with Crippen LogP contribution in [0.2, 0.25) is 0 Å². The van der Waals surface area contributed by atoms with Crippen LogP contribution >= 0.6 is 0 Å². The number of oxazole rings is 1. The number of aromatic hydroxyl groups is 1. The maximum atomic E-state index is 12.8. The molecule has 8 heteroatoms. The molecule has 0 amide bonds. The first-order chi connectivity index (χ1) is 11.5. The molecule has 2 aromatic heterocycles. The van der Waals surface area contributed by atoms with E-state index >= 15 is 0 Å². The number of nitrogens with zero attached hydrogens (tertiary/aromatic N) is 2. The third-order valence-electron chi connectivity index (χ3n) is 3.45. The summed E-state index contributed by atoms with van der Waals surface area (Å²) in [5.74, 6) is -0.367. The zero-order valence-electron chi connectivity index (χ0n) is 15.2. The molecule has 1 N–H and O–H groups in total. The van der Waals surface area contributed by atoms with Gasteiger partial charge < -0.3 is 17.0 Å². The maximum Gasteiger partial charge on any atom is 0.265 e. The minimum Gasteiger partial charge on any atom is -0.505 e. The van der Waals surface area contributed by atoms with E-state index in [-0.39, 0.29) is 62.7 Å². The number of rotatable bonds is 3. The molecule has 1 radical (unpaired) electrons. The van der Waals surface area contributed by atoms with Crippen molar-refractivity contribution in [1.82, 2.24) is 9.55 Å². The smallest absolute Gasteiger partial charge is 0.265 e. The van der Waals surface area contributed by atoms with Crippen LogP contribution in [0.4, 0.5) is 8.78 Å². The average molecular weight is 440 g/mol. The average Bonchev–Trinajstić information content (AvgIpc) is 3.05. The Morgan fingerprint density at radius 2 is 1.88 bits per heavy atom. The van der Waals surface area contributed by atoms with Crippen molar-refractivity contribution in [1.29, 1.82) is 0 Å². The van der Waals surface area contributed by atoms with Gasteiger partial charge >= 0.3 is 0 Å². The van der Waals surface area contributed by atoms with Gasteiger partial charge in [0, 0.05) is 32.7 Å². The fraction of sp³-hybridized carbons (Fsp3) is 0.278. The van der Waals surface area contributed by atoms with Gasteiger partial charge in [0.2, 0.25) is 5.71 Å². The van der Waals surface area contributed by atoms with Gasteiger partial charge in [0.05, 0.1) is 12.1 Å². The summed E-state index contributed by atoms with van der Waals surface area (Å²) in [7, 11) is 0. The van der Waals surface area contributed by atoms with Crippen LogP contribution in [-0.4, -0.2) is 21.1 Å². The molecule has 139 valence electrons. The Balaban J connectivity index is 0.00000151. The number of hydrogen-bond donors (Lipinski definition) is 1. The SMILES string of the molecule is CC.Cc1ccccc1-c1c(O)c2ncoc2n(CC(F)F)c1=O.[CH3-].[Y]. The summed E-state index contributed by atoms with van der Waals surface area (Å²) in [5.41, 5.74) is 0.231. The molecule has 0 fully saturated rings. The molecule has 0 saturated carbocycles. The Hall–Kier alpha value is -1.60. The van der Waals surface area contributed by atoms with E-state index in [1.807, 2.05) is 13.8 Å². The Labute approximate surface area is 175 Å². The van der Waals surface area contributed by atoms with Crippen LogP contribution in [0.5, 0.6) is 5.75 Å². The second-order valence-electron chi connectivity index (χ2n) is 4.85. The summed E-state index contributed by atoms with van der Waals surface area (Å²) in [6.45, 7) is 4.93. The minimum atomic E-state index is -2.74. The van der Waals surface area contributed by atoms with Gasteiger partial charge in [-0.1, -0.05) is 38.1 Å². The fourth-order valence-electron chi connectivity index (χ4n) is 2.44. The Bertz CT molecular complexity index is 907. The van der Waals surface area contributed by atoms with E-state index in [9.17, 15) is 18.7 Å². The summed E-state index contributed by atoms with van der Waals surface area (Å²) >= 11 is 0. The third-order valence-corrected chi connectivity index (χ3v) is 3.45. The molecular weight excluding hydrogens is 419 g/mol. The van der Waals surface area contributed by atoms with E-state index in [2.05, 4.69) is 4.98 Å². The summed E-state index contributed by atoms with van der Waals surface area (Å²) in [5, 5.41) is 10.3. The first-order valence-electron chi connectivity index (χ1n) is 7.53. The van der Waals surface area contributed by atoms with Gasteiger partial charge in [-0.25, -0.2) is 13.8 Å². The van der Waals surface area contributed by atoms with Gasteiger partial charge in [-0.15, -0.1) is 0 Å². The van der Waals surface area contributed by atoms with Gasteiger partial charge in [-0.3, -0.25) is 9.36 Å². The minimum absolute atomic E-state index is 0. The third kappa shape index (κ3) is 4.57. The van der Waals surface area contributed by atoms with Crippen LogP contribution in [0.15, 0.2) is 39.9 Å². The molecule has 0 aliphatic heterocycles. The molecule has 0 spiro atoms. The van der Waals surface area contributed by atoms with Crippen molar-refractivity contribution < 1.29 is 51.0 Å². The molecule has 0 unspecified atom stereocenters. The Kier molecular flexibility index (Phi) is 9.88. The van der Waals surface area contributed by atoms with E-state index in [1.54, 1.807) is 31.2 Å². The van der Waals surface area contributed by atoms with Crippen molar-refractivity contribution in [3.63, 3.8) is 0 Å². The van der Waals surface area contributed by atoms with Crippen LogP contribution in [0.3, 0.4) is 0 Å². The molecular formula is C18H21F2N2O3Y-. The van der Waals surface area contributed by atoms with Gasteiger partial charge in [-0.05, 0) is 18.1 Å². The van der Waals surface area contributed by atoms with E-state index in [0.29, 0.717) is 5.56 Å². The topological polar surface area (TPSA) is 68.3 Å². The van der Waals surface area contributed by atoms with E-state index in [4.69, 9.17) is 4.42 Å². The number of pyridine rings is 1. The molecule has 0 aliphatic carbocycles. The van der Waals surface area contributed by atoms with Gasteiger partial charge in [-0.2, -0.15) is 0 Å². The number of halogens is 2. The predicted molar refractivity (Wildman–Crippen MR) is 93.9 cm³/mol. The number of aryl methyl sites for hydroxylation is 1. The number of benzene rings is 1. The van der Waals surface area contributed by atoms with Crippen LogP contribution in [0.1, 0.15) is 19.4 Å². The summed E-state index contributed by atoms with van der Waals surface area (Å²) < 4.78 is 31.3. The first kappa shape index (κ1) is 24.4. The number of alkyl halides is 2. The first-order valence-corrected chi connectivity index (χ1v) is 7.53. The second kappa shape index (κ2) is 10.5. The predicted octanol–water partition coefficient (Wildman–Crippen LogP) is 4.41. The van der Waals surface area contributed by atoms with Crippen LogP contribution < -0.4 is 5.56 Å². The fourth-order valence-corrected chi connectivity index (χ4v) is 2.44. The van der Waals surface area contributed by atoms with Gasteiger partial charge in [0.15, 0.2) is 17.7 Å². The largest absolute Gasteiger partial charge is 0.505 e. The molecule has 2 heterocycles. The Morgan fingerprint density at radius 3 is 2.46 bits per heavy atom. The Morgan fingerprint density at radius 1 is 1.27 bits per heavy atom. The number of fused-ring (bicyclic) bond motifs is 1. The molecule has 1 aromatic carbocycles. The molecule has 3 aromatic rings. The van der Waals surface area contributed by atoms with E-state index in [0.717, 1.165) is 16.5 Å². The van der Waals surface area contributed by atoms with Crippen molar-refractivity contribution in [2.75, 3.05) is 0 Å². The summed E-state index contributed by atoms with van der Waals surface area (Å²) in [6.07, 6.45) is -1.73. The van der Waals surface area contributed by atoms with Crippen molar-refractivity contribution >= 4 is 11.2 Å². The normalized spacial score (nSPS) is 9.92. The summed E-state index contributed by atoms with van der Waals surface area (Å²) in [6, 6.07) is 6.89. The summed E-state index contributed by atoms with van der Waals surface area (Å²) in [4.78, 5) is 16.4. The number of aromatic nitrogens is 2. The molecule has 0 atom stereocenters. The molecule has 0 aliphatic rings. The second-order valence-corrected chi connectivity index (χ2v) is 4.85. The van der Waals surface area contributed by atoms with Crippen molar-refractivity contribution in [2.24, 2.45) is 0 Å². The van der Waals surface area contributed by atoms with Crippen LogP contribution in [0, 0.1) is 14.4 Å². The molecule has 3 rings (SSSR count). The van der Waals surface area contributed by atoms with Gasteiger partial charge in [0.25, 0.3) is 12.0 Å². The molecule has 5 nitrogen and oxygen atoms in total. The standard InChI is InChI=1S/C15H12F2N2O3.C2H6.CH3.Y/c1-8-4-2-3-5-9(8)11-13(20)12-15(22-7-18-12)19(14(11)21)6-10(16)17;1-2;;/h2-5,7,10,20H,6H2,1H3;1-2H3;1H3;/q;;-1;. The zero-order valence-corrected chi connectivity index (χ0v) is 18.0. The van der Waals surface area contributed by atoms with Crippen LogP contribution in [0.25, 0.3) is 22.4 Å². The maximum absolute atomic E-state index is 12.8. The quantitative estimate of drug-likeness (QED) is 0.613. The molecule has 0 bridgehead atoms. The zero-order chi connectivity index (χ0) is 17.9. The van der Waals surface area contributed by atoms with Crippen molar-refractivity contribution in [2.45, 2.75) is 33.7 Å². The van der Waals surface area contributed by atoms with Crippen molar-refractivity contribution in [3.8, 4) is 16.9 Å². The van der Waals surface area contributed by atoms with Crippen LogP contribution in [-0.2, 0) is 39.3 Å². The van der Waals surface area contributed by atoms with Crippen molar-refractivity contribution in [3.05, 3.63) is 54.0 Å². The monoisotopic (exact) mass is 440 g/mol. The molecule has 0 saturated heterocycles.